The Morgan fingerprint density at radius 2 is 2.13 bits per heavy atom. The summed E-state index contributed by atoms with van der Waals surface area (Å²) in [5, 5.41) is 0.0280. The highest BCUT2D eigenvalue weighted by Crippen LogP contribution is 2.28. The number of thioether (sulfide) groups is 1. The third kappa shape index (κ3) is 2.75. The van der Waals surface area contributed by atoms with Crippen LogP contribution in [0.25, 0.3) is 0 Å². The van der Waals surface area contributed by atoms with Crippen LogP contribution in [0, 0.1) is 0 Å². The lowest BCUT2D eigenvalue weighted by molar-refractivity contribution is -0.140. The van der Waals surface area contributed by atoms with Crippen molar-refractivity contribution in [2.24, 2.45) is 0 Å². The van der Waals surface area contributed by atoms with Gasteiger partial charge in [0.2, 0.25) is 0 Å². The van der Waals surface area contributed by atoms with Crippen molar-refractivity contribution in [1.29, 1.82) is 0 Å². The van der Waals surface area contributed by atoms with Crippen LogP contribution in [-0.4, -0.2) is 17.3 Å². The highest BCUT2D eigenvalue weighted by molar-refractivity contribution is 7.99. The van der Waals surface area contributed by atoms with Crippen molar-refractivity contribution in [2.75, 3.05) is 0 Å². The van der Waals surface area contributed by atoms with E-state index in [-0.39, 0.29) is 17.3 Å². The molecule has 1 aliphatic rings. The van der Waals surface area contributed by atoms with Crippen LogP contribution in [0.4, 0.5) is 0 Å². The number of cyclic esters (lactones) is 1. The van der Waals surface area contributed by atoms with Gasteiger partial charge in [0.05, 0.1) is 0 Å². The van der Waals surface area contributed by atoms with Gasteiger partial charge in [0.25, 0.3) is 0 Å². The molecule has 80 valence electrons. The summed E-state index contributed by atoms with van der Waals surface area (Å²) in [6.45, 7) is 1.95. The van der Waals surface area contributed by atoms with Gasteiger partial charge >= 0.3 is 5.97 Å². The number of carbonyl (C=O) groups excluding carboxylic acids is 1. The normalized spacial score (nSPS) is 25.3. The number of benzene rings is 1. The standard InChI is InChI=1S/C12H14O2S/c1-9-7-11(12(13)14-9)15-8-10-5-3-2-4-6-10/h2-6,9,11H,7-8H2,1H3/t9-,11-/m0/s1. The van der Waals surface area contributed by atoms with Crippen LogP contribution in [0.3, 0.4) is 0 Å². The van der Waals surface area contributed by atoms with Crippen molar-refractivity contribution in [3.8, 4) is 0 Å². The molecule has 0 saturated carbocycles. The molecule has 1 aromatic rings. The van der Waals surface area contributed by atoms with Gasteiger partial charge in [-0.1, -0.05) is 30.3 Å². The molecule has 0 amide bonds. The average Bonchev–Trinajstić information content (AvgIpc) is 2.56. The first-order chi connectivity index (χ1) is 7.25. The van der Waals surface area contributed by atoms with Gasteiger partial charge < -0.3 is 4.74 Å². The van der Waals surface area contributed by atoms with Crippen LogP contribution in [0.1, 0.15) is 18.9 Å². The Kier molecular flexibility index (Phi) is 3.31. The zero-order valence-corrected chi connectivity index (χ0v) is 9.50. The van der Waals surface area contributed by atoms with Gasteiger partial charge in [0, 0.05) is 12.2 Å². The molecule has 2 rings (SSSR count). The van der Waals surface area contributed by atoms with Crippen molar-refractivity contribution in [3.63, 3.8) is 0 Å². The summed E-state index contributed by atoms with van der Waals surface area (Å²) in [5.41, 5.74) is 1.26. The van der Waals surface area contributed by atoms with E-state index in [2.05, 4.69) is 12.1 Å². The second kappa shape index (κ2) is 4.71. The minimum Gasteiger partial charge on any atom is -0.462 e. The molecule has 15 heavy (non-hydrogen) atoms. The lowest BCUT2D eigenvalue weighted by atomic mass is 10.2. The minimum absolute atomic E-state index is 0.0280. The Morgan fingerprint density at radius 1 is 1.40 bits per heavy atom. The third-order valence-electron chi connectivity index (χ3n) is 2.42. The molecular weight excluding hydrogens is 208 g/mol. The Morgan fingerprint density at radius 3 is 2.73 bits per heavy atom. The molecule has 0 radical (unpaired) electrons. The molecule has 0 spiro atoms. The summed E-state index contributed by atoms with van der Waals surface area (Å²) in [4.78, 5) is 11.4. The van der Waals surface area contributed by atoms with Crippen molar-refractivity contribution in [1.82, 2.24) is 0 Å². The van der Waals surface area contributed by atoms with Gasteiger partial charge in [-0.05, 0) is 12.5 Å². The number of ether oxygens (including phenoxy) is 1. The predicted molar refractivity (Wildman–Crippen MR) is 61.7 cm³/mol. The molecule has 1 aliphatic heterocycles. The first-order valence-corrected chi connectivity index (χ1v) is 6.16. The Balaban J connectivity index is 1.86. The summed E-state index contributed by atoms with van der Waals surface area (Å²) >= 11 is 1.67. The van der Waals surface area contributed by atoms with Crippen molar-refractivity contribution in [3.05, 3.63) is 35.9 Å². The average molecular weight is 222 g/mol. The van der Waals surface area contributed by atoms with E-state index in [9.17, 15) is 4.79 Å². The third-order valence-corrected chi connectivity index (χ3v) is 3.71. The number of carbonyl (C=O) groups is 1. The molecule has 1 aromatic carbocycles. The SMILES string of the molecule is C[C@H]1C[C@H](SCc2ccccc2)C(=O)O1. The highest BCUT2D eigenvalue weighted by Gasteiger charge is 2.31. The second-order valence-electron chi connectivity index (χ2n) is 3.77. The van der Waals surface area contributed by atoms with Crippen LogP contribution in [0.15, 0.2) is 30.3 Å². The molecule has 0 aliphatic carbocycles. The maximum Gasteiger partial charge on any atom is 0.319 e. The predicted octanol–water partition coefficient (Wildman–Crippen LogP) is 2.62. The molecule has 2 nitrogen and oxygen atoms in total. The van der Waals surface area contributed by atoms with Gasteiger partial charge in [0.15, 0.2) is 0 Å². The first kappa shape index (κ1) is 10.6. The molecule has 1 fully saturated rings. The molecule has 0 N–H and O–H groups in total. The van der Waals surface area contributed by atoms with Crippen LogP contribution >= 0.6 is 11.8 Å². The molecule has 1 saturated heterocycles. The number of hydrogen-bond acceptors (Lipinski definition) is 3. The van der Waals surface area contributed by atoms with E-state index in [0.717, 1.165) is 12.2 Å². The van der Waals surface area contributed by atoms with Gasteiger partial charge in [-0.15, -0.1) is 11.8 Å². The van der Waals surface area contributed by atoms with Gasteiger partial charge in [-0.25, -0.2) is 0 Å². The fraction of sp³-hybridized carbons (Fsp3) is 0.417. The Labute approximate surface area is 94.0 Å². The Bertz CT molecular complexity index is 337. The summed E-state index contributed by atoms with van der Waals surface area (Å²) in [5.74, 6) is 0.830. The van der Waals surface area contributed by atoms with E-state index in [1.807, 2.05) is 25.1 Å². The quantitative estimate of drug-likeness (QED) is 0.735. The summed E-state index contributed by atoms with van der Waals surface area (Å²) < 4.78 is 5.10. The van der Waals surface area contributed by atoms with Gasteiger partial charge in [0.1, 0.15) is 11.4 Å². The molecule has 2 atom stereocenters. The smallest absolute Gasteiger partial charge is 0.319 e. The van der Waals surface area contributed by atoms with Crippen LogP contribution in [-0.2, 0) is 15.3 Å². The van der Waals surface area contributed by atoms with Crippen LogP contribution in [0.2, 0.25) is 0 Å². The van der Waals surface area contributed by atoms with E-state index in [1.165, 1.54) is 5.56 Å². The summed E-state index contributed by atoms with van der Waals surface area (Å²) in [6, 6.07) is 10.2. The number of rotatable bonds is 3. The van der Waals surface area contributed by atoms with E-state index in [1.54, 1.807) is 11.8 Å². The monoisotopic (exact) mass is 222 g/mol. The molecule has 0 aromatic heterocycles. The van der Waals surface area contributed by atoms with Crippen molar-refractivity contribution < 1.29 is 9.53 Å². The molecular formula is C12H14O2S. The van der Waals surface area contributed by atoms with Crippen molar-refractivity contribution >= 4 is 17.7 Å². The van der Waals surface area contributed by atoms with Gasteiger partial charge in [-0.3, -0.25) is 4.79 Å². The topological polar surface area (TPSA) is 26.3 Å². The lowest BCUT2D eigenvalue weighted by Crippen LogP contribution is -2.09. The summed E-state index contributed by atoms with van der Waals surface area (Å²) in [7, 11) is 0. The van der Waals surface area contributed by atoms with E-state index < -0.39 is 0 Å². The summed E-state index contributed by atoms with van der Waals surface area (Å²) in [6.07, 6.45) is 0.932. The fourth-order valence-electron chi connectivity index (χ4n) is 1.63. The molecule has 1 heterocycles. The zero-order valence-electron chi connectivity index (χ0n) is 8.68. The molecule has 0 unspecified atom stereocenters. The number of hydrogen-bond donors (Lipinski definition) is 0. The molecule has 3 heteroatoms. The van der Waals surface area contributed by atoms with E-state index >= 15 is 0 Å². The van der Waals surface area contributed by atoms with Crippen LogP contribution in [0.5, 0.6) is 0 Å². The largest absolute Gasteiger partial charge is 0.462 e. The second-order valence-corrected chi connectivity index (χ2v) is 4.96. The zero-order chi connectivity index (χ0) is 10.7. The fourth-order valence-corrected chi connectivity index (χ4v) is 2.81. The lowest BCUT2D eigenvalue weighted by Gasteiger charge is -2.04. The maximum absolute atomic E-state index is 11.4. The van der Waals surface area contributed by atoms with E-state index in [0.29, 0.717) is 0 Å². The first-order valence-electron chi connectivity index (χ1n) is 5.12. The maximum atomic E-state index is 11.4. The van der Waals surface area contributed by atoms with Crippen molar-refractivity contribution in [2.45, 2.75) is 30.5 Å². The highest BCUT2D eigenvalue weighted by atomic mass is 32.2. The Hall–Kier alpha value is -0.960. The van der Waals surface area contributed by atoms with E-state index in [4.69, 9.17) is 4.74 Å². The molecule has 0 bridgehead atoms. The number of esters is 1. The van der Waals surface area contributed by atoms with Crippen LogP contribution < -0.4 is 0 Å². The van der Waals surface area contributed by atoms with Gasteiger partial charge in [-0.2, -0.15) is 0 Å². The minimum atomic E-state index is -0.0524.